The fourth-order valence-electron chi connectivity index (χ4n) is 3.06. The number of para-hydroxylation sites is 1. The number of rotatable bonds is 4. The molecule has 0 N–H and O–H groups in total. The van der Waals surface area contributed by atoms with Crippen LogP contribution in [0.1, 0.15) is 17.5 Å². The lowest BCUT2D eigenvalue weighted by molar-refractivity contribution is -0.131. The van der Waals surface area contributed by atoms with E-state index in [1.54, 1.807) is 24.3 Å². The molecule has 3 rings (SSSR count). The van der Waals surface area contributed by atoms with Crippen LogP contribution in [0.5, 0.6) is 0 Å². The number of carbonyl (C=O) groups is 1. The topological polar surface area (TPSA) is 47.3 Å². The van der Waals surface area contributed by atoms with Crippen LogP contribution in [-0.2, 0) is 11.2 Å². The molecule has 0 spiro atoms. The number of aryl methyl sites for hydroxylation is 1. The first-order valence-corrected chi connectivity index (χ1v) is 8.43. The van der Waals surface area contributed by atoms with Gasteiger partial charge in [0.2, 0.25) is 5.91 Å². The van der Waals surface area contributed by atoms with E-state index in [4.69, 9.17) is 5.26 Å². The van der Waals surface area contributed by atoms with Crippen LogP contribution in [0.4, 0.5) is 10.1 Å². The molecular formula is C20H20FN3O. The Labute approximate surface area is 147 Å². The zero-order valence-corrected chi connectivity index (χ0v) is 14.0. The lowest BCUT2D eigenvalue weighted by atomic mass is 10.1. The Kier molecular flexibility index (Phi) is 5.30. The number of amides is 1. The first-order valence-electron chi connectivity index (χ1n) is 8.43. The van der Waals surface area contributed by atoms with E-state index in [0.717, 1.165) is 5.56 Å². The molecule has 0 radical (unpaired) electrons. The fraction of sp³-hybridized carbons (Fsp3) is 0.300. The second kappa shape index (κ2) is 7.80. The van der Waals surface area contributed by atoms with Crippen LogP contribution in [0.25, 0.3) is 0 Å². The van der Waals surface area contributed by atoms with E-state index in [1.807, 2.05) is 28.0 Å². The minimum absolute atomic E-state index is 0.123. The number of anilines is 1. The predicted molar refractivity (Wildman–Crippen MR) is 94.7 cm³/mol. The van der Waals surface area contributed by atoms with Crippen molar-refractivity contribution in [2.24, 2.45) is 0 Å². The van der Waals surface area contributed by atoms with Crippen LogP contribution in [0.3, 0.4) is 0 Å². The third-order valence-corrected chi connectivity index (χ3v) is 4.54. The SMILES string of the molecule is N#Cc1ccc(CCC(=O)N2CCN(c3ccccc3F)CC2)cc1. The van der Waals surface area contributed by atoms with Crippen molar-refractivity contribution in [2.45, 2.75) is 12.8 Å². The van der Waals surface area contributed by atoms with Gasteiger partial charge in [-0.3, -0.25) is 4.79 Å². The Balaban J connectivity index is 1.50. The summed E-state index contributed by atoms with van der Waals surface area (Å²) in [5.74, 6) is -0.0966. The zero-order chi connectivity index (χ0) is 17.6. The highest BCUT2D eigenvalue weighted by atomic mass is 19.1. The monoisotopic (exact) mass is 337 g/mol. The molecule has 1 fully saturated rings. The van der Waals surface area contributed by atoms with E-state index in [-0.39, 0.29) is 11.7 Å². The summed E-state index contributed by atoms with van der Waals surface area (Å²) in [5.41, 5.74) is 2.28. The molecule has 1 saturated heterocycles. The molecule has 0 aromatic heterocycles. The summed E-state index contributed by atoms with van der Waals surface area (Å²) in [4.78, 5) is 16.2. The van der Waals surface area contributed by atoms with Gasteiger partial charge in [0.1, 0.15) is 5.82 Å². The molecule has 0 bridgehead atoms. The first kappa shape index (κ1) is 17.0. The minimum Gasteiger partial charge on any atom is -0.366 e. The number of nitriles is 1. The molecule has 0 saturated carbocycles. The Morgan fingerprint density at radius 1 is 1.04 bits per heavy atom. The van der Waals surface area contributed by atoms with Crippen molar-refractivity contribution < 1.29 is 9.18 Å². The van der Waals surface area contributed by atoms with Crippen LogP contribution >= 0.6 is 0 Å². The summed E-state index contributed by atoms with van der Waals surface area (Å²) >= 11 is 0. The average molecular weight is 337 g/mol. The maximum Gasteiger partial charge on any atom is 0.223 e. The molecular weight excluding hydrogens is 317 g/mol. The van der Waals surface area contributed by atoms with Crippen molar-refractivity contribution in [1.29, 1.82) is 5.26 Å². The number of carbonyl (C=O) groups excluding carboxylic acids is 1. The Hall–Kier alpha value is -2.87. The van der Waals surface area contributed by atoms with Gasteiger partial charge in [0.25, 0.3) is 0 Å². The lowest BCUT2D eigenvalue weighted by Crippen LogP contribution is -2.49. The summed E-state index contributed by atoms with van der Waals surface area (Å²) in [7, 11) is 0. The molecule has 1 amide bonds. The molecule has 25 heavy (non-hydrogen) atoms. The van der Waals surface area contributed by atoms with Crippen molar-refractivity contribution in [3.05, 3.63) is 65.5 Å². The number of benzene rings is 2. The van der Waals surface area contributed by atoms with Gasteiger partial charge in [0.05, 0.1) is 17.3 Å². The normalized spacial score (nSPS) is 14.2. The van der Waals surface area contributed by atoms with Gasteiger partial charge < -0.3 is 9.80 Å². The number of nitrogens with zero attached hydrogens (tertiary/aromatic N) is 3. The lowest BCUT2D eigenvalue weighted by Gasteiger charge is -2.36. The molecule has 0 aliphatic carbocycles. The van der Waals surface area contributed by atoms with Gasteiger partial charge in [-0.1, -0.05) is 24.3 Å². The van der Waals surface area contributed by atoms with Gasteiger partial charge in [-0.2, -0.15) is 5.26 Å². The van der Waals surface area contributed by atoms with E-state index < -0.39 is 0 Å². The van der Waals surface area contributed by atoms with Gasteiger partial charge >= 0.3 is 0 Å². The van der Waals surface area contributed by atoms with Gasteiger partial charge in [-0.15, -0.1) is 0 Å². The van der Waals surface area contributed by atoms with E-state index in [9.17, 15) is 9.18 Å². The molecule has 1 aliphatic heterocycles. The van der Waals surface area contributed by atoms with E-state index in [2.05, 4.69) is 6.07 Å². The second-order valence-electron chi connectivity index (χ2n) is 6.13. The van der Waals surface area contributed by atoms with Crippen LogP contribution in [0.15, 0.2) is 48.5 Å². The Morgan fingerprint density at radius 2 is 1.72 bits per heavy atom. The van der Waals surface area contributed by atoms with Gasteiger partial charge in [-0.25, -0.2) is 4.39 Å². The van der Waals surface area contributed by atoms with E-state index in [1.165, 1.54) is 6.07 Å². The van der Waals surface area contributed by atoms with Gasteiger partial charge in [0, 0.05) is 32.6 Å². The highest BCUT2D eigenvalue weighted by Gasteiger charge is 2.22. The summed E-state index contributed by atoms with van der Waals surface area (Å²) in [6.07, 6.45) is 1.11. The van der Waals surface area contributed by atoms with Crippen LogP contribution in [0, 0.1) is 17.1 Å². The van der Waals surface area contributed by atoms with Gasteiger partial charge in [-0.05, 0) is 36.2 Å². The Bertz CT molecular complexity index is 774. The molecule has 1 heterocycles. The summed E-state index contributed by atoms with van der Waals surface area (Å²) in [5, 5.41) is 8.80. The standard InChI is InChI=1S/C20H20FN3O/c21-18-3-1-2-4-19(18)23-11-13-24(14-12-23)20(25)10-9-16-5-7-17(15-22)8-6-16/h1-8H,9-14H2. The maximum atomic E-state index is 13.9. The van der Waals surface area contributed by atoms with Crippen molar-refractivity contribution in [1.82, 2.24) is 4.90 Å². The summed E-state index contributed by atoms with van der Waals surface area (Å²) in [6, 6.07) is 16.2. The molecule has 1 aliphatic rings. The molecule has 128 valence electrons. The highest BCUT2D eigenvalue weighted by Crippen LogP contribution is 2.20. The van der Waals surface area contributed by atoms with Crippen LogP contribution < -0.4 is 4.90 Å². The molecule has 0 atom stereocenters. The van der Waals surface area contributed by atoms with E-state index in [0.29, 0.717) is 50.3 Å². The number of hydrogen-bond donors (Lipinski definition) is 0. The van der Waals surface area contributed by atoms with E-state index >= 15 is 0 Å². The molecule has 2 aromatic carbocycles. The highest BCUT2D eigenvalue weighted by molar-refractivity contribution is 5.76. The molecule has 5 heteroatoms. The van der Waals surface area contributed by atoms with Crippen molar-refractivity contribution in [3.63, 3.8) is 0 Å². The minimum atomic E-state index is -0.219. The Morgan fingerprint density at radius 3 is 2.36 bits per heavy atom. The average Bonchev–Trinajstić information content (AvgIpc) is 2.67. The van der Waals surface area contributed by atoms with Crippen molar-refractivity contribution in [2.75, 3.05) is 31.1 Å². The second-order valence-corrected chi connectivity index (χ2v) is 6.13. The largest absolute Gasteiger partial charge is 0.366 e. The maximum absolute atomic E-state index is 13.9. The third-order valence-electron chi connectivity index (χ3n) is 4.54. The molecule has 2 aromatic rings. The number of piperazine rings is 1. The summed E-state index contributed by atoms with van der Waals surface area (Å²) in [6.45, 7) is 2.51. The quantitative estimate of drug-likeness (QED) is 0.862. The fourth-order valence-corrected chi connectivity index (χ4v) is 3.06. The van der Waals surface area contributed by atoms with Crippen molar-refractivity contribution in [3.8, 4) is 6.07 Å². The first-order chi connectivity index (χ1) is 12.2. The number of halogens is 1. The predicted octanol–water partition coefficient (Wildman–Crippen LogP) is 2.98. The van der Waals surface area contributed by atoms with Gasteiger partial charge in [0.15, 0.2) is 0 Å². The molecule has 0 unspecified atom stereocenters. The smallest absolute Gasteiger partial charge is 0.223 e. The third kappa shape index (κ3) is 4.16. The van der Waals surface area contributed by atoms with Crippen LogP contribution in [0.2, 0.25) is 0 Å². The summed E-state index contributed by atoms with van der Waals surface area (Å²) < 4.78 is 13.9. The van der Waals surface area contributed by atoms with Crippen LogP contribution in [-0.4, -0.2) is 37.0 Å². The number of hydrogen-bond acceptors (Lipinski definition) is 3. The zero-order valence-electron chi connectivity index (χ0n) is 14.0. The molecule has 4 nitrogen and oxygen atoms in total. The van der Waals surface area contributed by atoms with Crippen molar-refractivity contribution >= 4 is 11.6 Å².